The van der Waals surface area contributed by atoms with Gasteiger partial charge in [-0.3, -0.25) is 0 Å². The lowest BCUT2D eigenvalue weighted by molar-refractivity contribution is -0.733. The normalized spacial score (nSPS) is 20.4. The molecule has 1 saturated carbocycles. The highest BCUT2D eigenvalue weighted by molar-refractivity contribution is 5.85. The summed E-state index contributed by atoms with van der Waals surface area (Å²) in [6.45, 7) is 6.93. The van der Waals surface area contributed by atoms with Gasteiger partial charge in [0, 0.05) is 12.1 Å². The first-order valence-electron chi connectivity index (χ1n) is 14.6. The minimum Gasteiger partial charge on any atom is -0.448 e. The Morgan fingerprint density at radius 3 is 2.51 bits per heavy atom. The van der Waals surface area contributed by atoms with Crippen molar-refractivity contribution in [2.75, 3.05) is 0 Å². The van der Waals surface area contributed by atoms with Crippen LogP contribution in [0.25, 0.3) is 28.0 Å². The molecule has 1 aliphatic carbocycles. The number of rotatable bonds is 1. The van der Waals surface area contributed by atoms with Crippen molar-refractivity contribution in [3.05, 3.63) is 102 Å². The van der Waals surface area contributed by atoms with Crippen molar-refractivity contribution in [1.29, 1.82) is 0 Å². The lowest BCUT2D eigenvalue weighted by atomic mass is 9.78. The van der Waals surface area contributed by atoms with E-state index in [2.05, 4.69) is 113 Å². The molecule has 5 heterocycles. The van der Waals surface area contributed by atoms with Gasteiger partial charge >= 0.3 is 11.4 Å². The van der Waals surface area contributed by atoms with Gasteiger partial charge in [0.15, 0.2) is 28.9 Å². The number of pyridine rings is 1. The predicted molar refractivity (Wildman–Crippen MR) is 152 cm³/mol. The molecule has 4 aliphatic rings. The first-order chi connectivity index (χ1) is 19.0. The molecule has 2 aromatic heterocycles. The molecule has 1 atom stereocenters. The monoisotopic (exact) mass is 511 g/mol. The van der Waals surface area contributed by atoms with Crippen LogP contribution >= 0.6 is 0 Å². The zero-order chi connectivity index (χ0) is 26.1. The second kappa shape index (κ2) is 7.18. The number of hydrogen-bond donors (Lipinski definition) is 0. The van der Waals surface area contributed by atoms with Crippen LogP contribution in [0, 0.1) is 0 Å². The molecule has 0 amide bonds. The number of fused-ring (bicyclic) bond motifs is 7. The summed E-state index contributed by atoms with van der Waals surface area (Å²) in [4.78, 5) is 0. The molecule has 9 rings (SSSR count). The summed E-state index contributed by atoms with van der Waals surface area (Å²) < 4.78 is 14.7. The standard InChI is InChI=1S/C35H33N3O/c1-34(2,3)22-20-26-31-30(21-22)39-29-18-11-17-28-32(29)38(31)33(37(28)23-12-5-4-6-13-23)35(26)25-15-8-7-14-24(25)27-16-9-10-19-36(27)35/h7-11,14-21,23H,4-6,12-13H2,1-3H3/q+2. The molecule has 0 saturated heterocycles. The summed E-state index contributed by atoms with van der Waals surface area (Å²) in [5.41, 5.74) is 9.85. The number of nitrogens with zero attached hydrogens (tertiary/aromatic N) is 3. The van der Waals surface area contributed by atoms with Crippen LogP contribution < -0.4 is 13.9 Å². The Hall–Kier alpha value is -3.92. The zero-order valence-electron chi connectivity index (χ0n) is 22.9. The van der Waals surface area contributed by atoms with Crippen LogP contribution in [0.4, 0.5) is 0 Å². The van der Waals surface area contributed by atoms with E-state index >= 15 is 0 Å². The molecule has 39 heavy (non-hydrogen) atoms. The van der Waals surface area contributed by atoms with Gasteiger partial charge in [-0.05, 0) is 73.1 Å². The number of benzene rings is 3. The highest BCUT2D eigenvalue weighted by Gasteiger charge is 2.69. The molecule has 0 bridgehead atoms. The first-order valence-corrected chi connectivity index (χ1v) is 14.6. The van der Waals surface area contributed by atoms with Gasteiger partial charge in [0.05, 0.1) is 16.7 Å². The topological polar surface area (TPSA) is 21.9 Å². The maximum absolute atomic E-state index is 6.84. The van der Waals surface area contributed by atoms with E-state index in [4.69, 9.17) is 4.74 Å². The first kappa shape index (κ1) is 22.0. The quantitative estimate of drug-likeness (QED) is 0.213. The van der Waals surface area contributed by atoms with Gasteiger partial charge in [0.25, 0.3) is 0 Å². The molecule has 3 aliphatic heterocycles. The molecular formula is C35H33N3O+2. The zero-order valence-corrected chi connectivity index (χ0v) is 22.9. The van der Waals surface area contributed by atoms with Crippen molar-refractivity contribution < 1.29 is 13.9 Å². The summed E-state index contributed by atoms with van der Waals surface area (Å²) >= 11 is 0. The summed E-state index contributed by atoms with van der Waals surface area (Å²) in [5, 5.41) is 0. The van der Waals surface area contributed by atoms with Crippen LogP contribution in [0.15, 0.2) is 79.0 Å². The van der Waals surface area contributed by atoms with Crippen molar-refractivity contribution in [1.82, 2.24) is 4.57 Å². The minimum absolute atomic E-state index is 0.0126. The smallest absolute Gasteiger partial charge is 0.347 e. The van der Waals surface area contributed by atoms with Gasteiger partial charge in [0.2, 0.25) is 11.2 Å². The van der Waals surface area contributed by atoms with Crippen molar-refractivity contribution in [2.24, 2.45) is 0 Å². The average molecular weight is 512 g/mol. The maximum Gasteiger partial charge on any atom is 0.347 e. The summed E-state index contributed by atoms with van der Waals surface area (Å²) in [5.74, 6) is 3.31. The van der Waals surface area contributed by atoms with Gasteiger partial charge in [0.1, 0.15) is 6.04 Å². The molecule has 1 unspecified atom stereocenters. The minimum atomic E-state index is -0.472. The molecule has 5 aromatic rings. The number of aromatic nitrogens is 3. The van der Waals surface area contributed by atoms with Crippen molar-refractivity contribution in [2.45, 2.75) is 69.9 Å². The van der Waals surface area contributed by atoms with Gasteiger partial charge in [-0.1, -0.05) is 51.5 Å². The van der Waals surface area contributed by atoms with Crippen molar-refractivity contribution in [3.63, 3.8) is 0 Å². The fourth-order valence-corrected chi connectivity index (χ4v) is 8.08. The summed E-state index contributed by atoms with van der Waals surface area (Å²) in [7, 11) is 0. The number of hydrogen-bond acceptors (Lipinski definition) is 1. The Morgan fingerprint density at radius 2 is 1.67 bits per heavy atom. The molecule has 0 radical (unpaired) electrons. The van der Waals surface area contributed by atoms with E-state index in [1.54, 1.807) is 0 Å². The van der Waals surface area contributed by atoms with E-state index in [0.717, 1.165) is 11.5 Å². The Balaban J connectivity index is 1.54. The lowest BCUT2D eigenvalue weighted by Gasteiger charge is -2.26. The molecule has 0 N–H and O–H groups in total. The SMILES string of the molecule is CC(C)(C)c1cc2c3c(c1)C1(c4ccccc4-c4cccc[n+]41)c1n(C4CCCCC4)c4cccc(c4[n+]1-3)O2. The lowest BCUT2D eigenvalue weighted by Crippen LogP contribution is -2.58. The highest BCUT2D eigenvalue weighted by atomic mass is 16.5. The van der Waals surface area contributed by atoms with E-state index < -0.39 is 5.54 Å². The molecule has 3 aromatic carbocycles. The average Bonchev–Trinajstić information content (AvgIpc) is 3.56. The van der Waals surface area contributed by atoms with Crippen LogP contribution in [0.3, 0.4) is 0 Å². The van der Waals surface area contributed by atoms with Crippen molar-refractivity contribution in [3.8, 4) is 28.4 Å². The molecule has 4 heteroatoms. The molecule has 1 spiro atoms. The van der Waals surface area contributed by atoms with E-state index in [9.17, 15) is 0 Å². The van der Waals surface area contributed by atoms with Gasteiger partial charge in [-0.15, -0.1) is 0 Å². The second-order valence-electron chi connectivity index (χ2n) is 12.9. The molecule has 1 fully saturated rings. The van der Waals surface area contributed by atoms with E-state index in [1.807, 2.05) is 0 Å². The Morgan fingerprint density at radius 1 is 0.846 bits per heavy atom. The Labute approximate surface area is 229 Å². The van der Waals surface area contributed by atoms with Crippen LogP contribution in [0.5, 0.6) is 11.5 Å². The third-order valence-corrected chi connectivity index (χ3v) is 9.75. The number of ether oxygens (including phenoxy) is 1. The van der Waals surface area contributed by atoms with Crippen molar-refractivity contribution >= 4 is 11.0 Å². The van der Waals surface area contributed by atoms with Crippen LogP contribution in [0.1, 0.15) is 81.4 Å². The molecule has 4 nitrogen and oxygen atoms in total. The van der Waals surface area contributed by atoms with Crippen LogP contribution in [-0.4, -0.2) is 4.57 Å². The molecule has 192 valence electrons. The van der Waals surface area contributed by atoms with E-state index in [-0.39, 0.29) is 5.41 Å². The number of imidazole rings is 1. The Kier molecular flexibility index (Phi) is 4.04. The third kappa shape index (κ3) is 2.52. The highest BCUT2D eigenvalue weighted by Crippen LogP contribution is 2.56. The fraction of sp³-hybridized carbons (Fsp3) is 0.314. The second-order valence-corrected chi connectivity index (χ2v) is 12.9. The summed E-state index contributed by atoms with van der Waals surface area (Å²) in [6.07, 6.45) is 8.68. The Bertz CT molecular complexity index is 1820. The van der Waals surface area contributed by atoms with Gasteiger partial charge in [-0.2, -0.15) is 9.13 Å². The van der Waals surface area contributed by atoms with Crippen LogP contribution in [-0.2, 0) is 11.0 Å². The van der Waals surface area contributed by atoms with Crippen LogP contribution in [0.2, 0.25) is 0 Å². The van der Waals surface area contributed by atoms with E-state index in [0.29, 0.717) is 6.04 Å². The summed E-state index contributed by atoms with van der Waals surface area (Å²) in [6, 6.07) is 27.7. The number of para-hydroxylation sites is 1. The fourth-order valence-electron chi connectivity index (χ4n) is 8.08. The largest absolute Gasteiger partial charge is 0.448 e. The molecular weight excluding hydrogens is 478 g/mol. The maximum atomic E-state index is 6.84. The predicted octanol–water partition coefficient (Wildman–Crippen LogP) is 7.25. The van der Waals surface area contributed by atoms with Gasteiger partial charge < -0.3 is 4.74 Å². The van der Waals surface area contributed by atoms with E-state index in [1.165, 1.54) is 82.6 Å². The third-order valence-electron chi connectivity index (χ3n) is 9.75. The van der Waals surface area contributed by atoms with Gasteiger partial charge in [-0.25, -0.2) is 4.57 Å².